The molecule has 0 fully saturated rings. The standard InChI is InChI=1S/C18H23FN2/c1-4-20-12-16-9-17(19)11-18(10-16)21(3)13-15-7-5-6-14(2)8-15/h5-11,20H,4,12-13H2,1-3H3. The van der Waals surface area contributed by atoms with E-state index in [1.807, 2.05) is 20.0 Å². The zero-order valence-corrected chi connectivity index (χ0v) is 13.0. The molecule has 2 rings (SSSR count). The number of anilines is 1. The van der Waals surface area contributed by atoms with Crippen LogP contribution in [0.5, 0.6) is 0 Å². The first-order valence-corrected chi connectivity index (χ1v) is 7.35. The highest BCUT2D eigenvalue weighted by Gasteiger charge is 2.06. The van der Waals surface area contributed by atoms with Crippen LogP contribution in [0.2, 0.25) is 0 Å². The van der Waals surface area contributed by atoms with Crippen molar-refractivity contribution in [1.29, 1.82) is 0 Å². The molecule has 0 aliphatic heterocycles. The summed E-state index contributed by atoms with van der Waals surface area (Å²) in [6.45, 7) is 6.47. The lowest BCUT2D eigenvalue weighted by Crippen LogP contribution is -2.18. The van der Waals surface area contributed by atoms with Gasteiger partial charge < -0.3 is 10.2 Å². The number of hydrogen-bond acceptors (Lipinski definition) is 2. The zero-order chi connectivity index (χ0) is 15.2. The minimum atomic E-state index is -0.184. The Hall–Kier alpha value is -1.87. The van der Waals surface area contributed by atoms with Crippen LogP contribution in [-0.2, 0) is 13.1 Å². The summed E-state index contributed by atoms with van der Waals surface area (Å²) in [5.74, 6) is -0.184. The second-order valence-electron chi connectivity index (χ2n) is 5.44. The van der Waals surface area contributed by atoms with Gasteiger partial charge in [0.1, 0.15) is 5.82 Å². The number of hydrogen-bond donors (Lipinski definition) is 1. The van der Waals surface area contributed by atoms with Crippen LogP contribution in [0.1, 0.15) is 23.6 Å². The van der Waals surface area contributed by atoms with E-state index in [-0.39, 0.29) is 5.82 Å². The number of nitrogens with zero attached hydrogens (tertiary/aromatic N) is 1. The minimum absolute atomic E-state index is 0.184. The number of rotatable bonds is 6. The second-order valence-corrected chi connectivity index (χ2v) is 5.44. The topological polar surface area (TPSA) is 15.3 Å². The van der Waals surface area contributed by atoms with Crippen molar-refractivity contribution < 1.29 is 4.39 Å². The van der Waals surface area contributed by atoms with Gasteiger partial charge in [0.05, 0.1) is 0 Å². The summed E-state index contributed by atoms with van der Waals surface area (Å²) in [5, 5.41) is 3.23. The molecule has 112 valence electrons. The molecule has 0 radical (unpaired) electrons. The molecule has 0 aliphatic rings. The van der Waals surface area contributed by atoms with Crippen LogP contribution >= 0.6 is 0 Å². The van der Waals surface area contributed by atoms with Crippen molar-refractivity contribution in [1.82, 2.24) is 5.32 Å². The van der Waals surface area contributed by atoms with Crippen molar-refractivity contribution in [2.75, 3.05) is 18.5 Å². The summed E-state index contributed by atoms with van der Waals surface area (Å²) >= 11 is 0. The molecule has 0 aromatic heterocycles. The smallest absolute Gasteiger partial charge is 0.125 e. The van der Waals surface area contributed by atoms with E-state index in [1.165, 1.54) is 11.1 Å². The van der Waals surface area contributed by atoms with Gasteiger partial charge in [0.2, 0.25) is 0 Å². The van der Waals surface area contributed by atoms with E-state index in [2.05, 4.69) is 41.4 Å². The van der Waals surface area contributed by atoms with Crippen LogP contribution in [0.3, 0.4) is 0 Å². The monoisotopic (exact) mass is 286 g/mol. The molecule has 0 bridgehead atoms. The summed E-state index contributed by atoms with van der Waals surface area (Å²) in [5.41, 5.74) is 4.36. The van der Waals surface area contributed by atoms with Gasteiger partial charge in [-0.15, -0.1) is 0 Å². The maximum Gasteiger partial charge on any atom is 0.125 e. The Bertz CT molecular complexity index is 596. The first-order chi connectivity index (χ1) is 10.1. The maximum absolute atomic E-state index is 13.8. The molecule has 0 aliphatic carbocycles. The lowest BCUT2D eigenvalue weighted by atomic mass is 10.1. The number of nitrogens with one attached hydrogen (secondary N) is 1. The lowest BCUT2D eigenvalue weighted by Gasteiger charge is -2.21. The van der Waals surface area contributed by atoms with E-state index >= 15 is 0 Å². The Morgan fingerprint density at radius 3 is 2.62 bits per heavy atom. The van der Waals surface area contributed by atoms with E-state index in [0.717, 1.165) is 24.3 Å². The van der Waals surface area contributed by atoms with Crippen LogP contribution < -0.4 is 10.2 Å². The largest absolute Gasteiger partial charge is 0.370 e. The highest BCUT2D eigenvalue weighted by atomic mass is 19.1. The van der Waals surface area contributed by atoms with Crippen molar-refractivity contribution in [3.8, 4) is 0 Å². The van der Waals surface area contributed by atoms with Crippen LogP contribution in [0.15, 0.2) is 42.5 Å². The van der Waals surface area contributed by atoms with Gasteiger partial charge >= 0.3 is 0 Å². The number of aryl methyl sites for hydroxylation is 1. The van der Waals surface area contributed by atoms with Crippen molar-refractivity contribution in [3.63, 3.8) is 0 Å². The van der Waals surface area contributed by atoms with Crippen LogP contribution in [-0.4, -0.2) is 13.6 Å². The first-order valence-electron chi connectivity index (χ1n) is 7.35. The second kappa shape index (κ2) is 7.23. The minimum Gasteiger partial charge on any atom is -0.370 e. The SMILES string of the molecule is CCNCc1cc(F)cc(N(C)Cc2cccc(C)c2)c1. The van der Waals surface area contributed by atoms with Gasteiger partial charge in [0, 0.05) is 25.8 Å². The third-order valence-electron chi connectivity index (χ3n) is 3.46. The molecule has 21 heavy (non-hydrogen) atoms. The molecule has 0 saturated heterocycles. The Labute approximate surface area is 126 Å². The third-order valence-corrected chi connectivity index (χ3v) is 3.46. The van der Waals surface area contributed by atoms with Crippen molar-refractivity contribution in [2.45, 2.75) is 26.9 Å². The fourth-order valence-electron chi connectivity index (χ4n) is 2.40. The van der Waals surface area contributed by atoms with E-state index < -0.39 is 0 Å². The normalized spacial score (nSPS) is 10.7. The molecule has 1 N–H and O–H groups in total. The molecular formula is C18H23FN2. The Balaban J connectivity index is 2.14. The average Bonchev–Trinajstić information content (AvgIpc) is 2.44. The van der Waals surface area contributed by atoms with Gasteiger partial charge in [0.15, 0.2) is 0 Å². The molecule has 3 heteroatoms. The molecule has 0 heterocycles. The zero-order valence-electron chi connectivity index (χ0n) is 13.0. The van der Waals surface area contributed by atoms with Crippen LogP contribution in [0.25, 0.3) is 0 Å². The molecule has 0 saturated carbocycles. The molecule has 0 atom stereocenters. The Morgan fingerprint density at radius 2 is 1.90 bits per heavy atom. The fraction of sp³-hybridized carbons (Fsp3) is 0.333. The highest BCUT2D eigenvalue weighted by Crippen LogP contribution is 2.20. The summed E-state index contributed by atoms with van der Waals surface area (Å²) in [7, 11) is 1.99. The van der Waals surface area contributed by atoms with Gasteiger partial charge in [0.25, 0.3) is 0 Å². The van der Waals surface area contributed by atoms with E-state index in [4.69, 9.17) is 0 Å². The molecule has 0 spiro atoms. The van der Waals surface area contributed by atoms with E-state index in [0.29, 0.717) is 6.54 Å². The van der Waals surface area contributed by atoms with Crippen molar-refractivity contribution >= 4 is 5.69 Å². The molecule has 2 aromatic rings. The molecule has 0 unspecified atom stereocenters. The van der Waals surface area contributed by atoms with Crippen LogP contribution in [0.4, 0.5) is 10.1 Å². The van der Waals surface area contributed by atoms with Crippen LogP contribution in [0, 0.1) is 12.7 Å². The first kappa shape index (κ1) is 15.5. The molecular weight excluding hydrogens is 263 g/mol. The van der Waals surface area contributed by atoms with Gasteiger partial charge in [-0.3, -0.25) is 0 Å². The van der Waals surface area contributed by atoms with Gasteiger partial charge in [-0.25, -0.2) is 4.39 Å². The summed E-state index contributed by atoms with van der Waals surface area (Å²) in [6, 6.07) is 13.6. The summed E-state index contributed by atoms with van der Waals surface area (Å²) in [4.78, 5) is 2.08. The van der Waals surface area contributed by atoms with E-state index in [9.17, 15) is 4.39 Å². The fourth-order valence-corrected chi connectivity index (χ4v) is 2.40. The number of benzene rings is 2. The third kappa shape index (κ3) is 4.57. The van der Waals surface area contributed by atoms with Gasteiger partial charge in [-0.05, 0) is 42.8 Å². The molecule has 2 nitrogen and oxygen atoms in total. The van der Waals surface area contributed by atoms with Crippen molar-refractivity contribution in [3.05, 3.63) is 65.0 Å². The van der Waals surface area contributed by atoms with E-state index in [1.54, 1.807) is 12.1 Å². The lowest BCUT2D eigenvalue weighted by molar-refractivity contribution is 0.621. The Morgan fingerprint density at radius 1 is 1.10 bits per heavy atom. The van der Waals surface area contributed by atoms with Gasteiger partial charge in [-0.1, -0.05) is 36.8 Å². The summed E-state index contributed by atoms with van der Waals surface area (Å²) in [6.07, 6.45) is 0. The number of halogens is 1. The highest BCUT2D eigenvalue weighted by molar-refractivity contribution is 5.49. The van der Waals surface area contributed by atoms with Gasteiger partial charge in [-0.2, -0.15) is 0 Å². The quantitative estimate of drug-likeness (QED) is 0.867. The summed E-state index contributed by atoms with van der Waals surface area (Å²) < 4.78 is 13.8. The Kier molecular flexibility index (Phi) is 5.34. The molecule has 0 amide bonds. The molecule has 2 aromatic carbocycles. The predicted octanol–water partition coefficient (Wildman–Crippen LogP) is 3.88. The predicted molar refractivity (Wildman–Crippen MR) is 87.1 cm³/mol. The van der Waals surface area contributed by atoms with Crippen molar-refractivity contribution in [2.24, 2.45) is 0 Å². The maximum atomic E-state index is 13.8. The average molecular weight is 286 g/mol.